The van der Waals surface area contributed by atoms with Crippen LogP contribution >= 0.6 is 0 Å². The Morgan fingerprint density at radius 1 is 1.26 bits per heavy atom. The minimum absolute atomic E-state index is 0.102. The molecule has 1 unspecified atom stereocenters. The van der Waals surface area contributed by atoms with Gasteiger partial charge >= 0.3 is 6.03 Å². The number of benzene rings is 2. The first kappa shape index (κ1) is 17.3. The van der Waals surface area contributed by atoms with E-state index < -0.39 is 0 Å². The molecule has 0 saturated heterocycles. The van der Waals surface area contributed by atoms with Crippen molar-refractivity contribution in [3.8, 4) is 11.5 Å². The SMILES string of the molecule is CC1Cc2ccccc2N1C(=O)NCCc1coc(-c2ccc(F)cc2)n1. The predicted octanol–water partition coefficient (Wildman–Crippen LogP) is 4.18. The van der Waals surface area contributed by atoms with E-state index in [9.17, 15) is 9.18 Å². The van der Waals surface area contributed by atoms with Crippen LogP contribution in [-0.2, 0) is 12.8 Å². The van der Waals surface area contributed by atoms with Crippen LogP contribution in [0, 0.1) is 5.82 Å². The molecule has 1 atom stereocenters. The molecule has 138 valence electrons. The van der Waals surface area contributed by atoms with E-state index in [0.717, 1.165) is 17.8 Å². The van der Waals surface area contributed by atoms with Gasteiger partial charge in [0, 0.05) is 30.3 Å². The lowest BCUT2D eigenvalue weighted by Gasteiger charge is -2.23. The smallest absolute Gasteiger partial charge is 0.322 e. The van der Waals surface area contributed by atoms with Gasteiger partial charge in [-0.2, -0.15) is 0 Å². The first-order chi connectivity index (χ1) is 13.1. The fourth-order valence-electron chi connectivity index (χ4n) is 3.40. The van der Waals surface area contributed by atoms with Crippen LogP contribution < -0.4 is 10.2 Å². The number of amides is 2. The largest absolute Gasteiger partial charge is 0.444 e. The van der Waals surface area contributed by atoms with Crippen LogP contribution in [0.5, 0.6) is 0 Å². The van der Waals surface area contributed by atoms with Gasteiger partial charge in [-0.15, -0.1) is 0 Å². The van der Waals surface area contributed by atoms with Crippen molar-refractivity contribution >= 4 is 11.7 Å². The number of anilines is 1. The van der Waals surface area contributed by atoms with E-state index in [1.807, 2.05) is 30.0 Å². The van der Waals surface area contributed by atoms with Gasteiger partial charge < -0.3 is 9.73 Å². The molecule has 0 fully saturated rings. The second-order valence-corrected chi connectivity index (χ2v) is 6.68. The van der Waals surface area contributed by atoms with E-state index in [1.54, 1.807) is 18.4 Å². The molecule has 1 N–H and O–H groups in total. The summed E-state index contributed by atoms with van der Waals surface area (Å²) in [5.41, 5.74) is 3.63. The zero-order valence-electron chi connectivity index (χ0n) is 15.0. The molecule has 0 bridgehead atoms. The molecular weight excluding hydrogens is 345 g/mol. The molecule has 4 rings (SSSR count). The fraction of sp³-hybridized carbons (Fsp3) is 0.238. The standard InChI is InChI=1S/C21H20FN3O2/c1-14-12-16-4-2-3-5-19(16)25(14)21(26)23-11-10-18-13-27-20(24-18)15-6-8-17(22)9-7-15/h2-9,13-14H,10-12H2,1H3,(H,23,26). The van der Waals surface area contributed by atoms with Crippen LogP contribution in [0.3, 0.4) is 0 Å². The number of urea groups is 1. The molecule has 2 heterocycles. The highest BCUT2D eigenvalue weighted by Gasteiger charge is 2.30. The van der Waals surface area contributed by atoms with Gasteiger partial charge in [0.2, 0.25) is 5.89 Å². The van der Waals surface area contributed by atoms with Crippen molar-refractivity contribution in [3.05, 3.63) is 71.9 Å². The van der Waals surface area contributed by atoms with Gasteiger partial charge in [0.25, 0.3) is 0 Å². The number of halogens is 1. The molecule has 2 aromatic carbocycles. The molecule has 2 amide bonds. The first-order valence-electron chi connectivity index (χ1n) is 8.97. The average Bonchev–Trinajstić information content (AvgIpc) is 3.26. The van der Waals surface area contributed by atoms with Gasteiger partial charge in [0.05, 0.1) is 5.69 Å². The van der Waals surface area contributed by atoms with Crippen LogP contribution in [0.25, 0.3) is 11.5 Å². The Labute approximate surface area is 156 Å². The third-order valence-corrected chi connectivity index (χ3v) is 4.73. The summed E-state index contributed by atoms with van der Waals surface area (Å²) in [5, 5.41) is 2.96. The Hall–Kier alpha value is -3.15. The lowest BCUT2D eigenvalue weighted by atomic mass is 10.1. The minimum atomic E-state index is -0.300. The summed E-state index contributed by atoms with van der Waals surface area (Å²) in [5.74, 6) is 0.143. The predicted molar refractivity (Wildman–Crippen MR) is 101 cm³/mol. The Balaban J connectivity index is 1.35. The number of fused-ring (bicyclic) bond motifs is 1. The maximum absolute atomic E-state index is 13.0. The highest BCUT2D eigenvalue weighted by Crippen LogP contribution is 2.31. The Morgan fingerprint density at radius 2 is 2.04 bits per heavy atom. The molecule has 1 aromatic heterocycles. The van der Waals surface area contributed by atoms with Crippen LogP contribution in [0.4, 0.5) is 14.9 Å². The summed E-state index contributed by atoms with van der Waals surface area (Å²) in [7, 11) is 0. The molecule has 5 nitrogen and oxygen atoms in total. The number of oxazole rings is 1. The highest BCUT2D eigenvalue weighted by atomic mass is 19.1. The number of carbonyl (C=O) groups excluding carboxylic acids is 1. The van der Waals surface area contributed by atoms with Crippen LogP contribution in [0.2, 0.25) is 0 Å². The average molecular weight is 365 g/mol. The summed E-state index contributed by atoms with van der Waals surface area (Å²) in [6.07, 6.45) is 2.99. The number of rotatable bonds is 4. The summed E-state index contributed by atoms with van der Waals surface area (Å²) >= 11 is 0. The molecule has 0 radical (unpaired) electrons. The lowest BCUT2D eigenvalue weighted by Crippen LogP contribution is -2.43. The lowest BCUT2D eigenvalue weighted by molar-refractivity contribution is 0.245. The molecule has 0 spiro atoms. The molecule has 1 aliphatic heterocycles. The van der Waals surface area contributed by atoms with Crippen molar-refractivity contribution in [1.29, 1.82) is 0 Å². The summed E-state index contributed by atoms with van der Waals surface area (Å²) in [6, 6.07) is 14.0. The van der Waals surface area contributed by atoms with Gasteiger partial charge in [-0.05, 0) is 49.2 Å². The first-order valence-corrected chi connectivity index (χ1v) is 8.97. The number of nitrogens with zero attached hydrogens (tertiary/aromatic N) is 2. The quantitative estimate of drug-likeness (QED) is 0.754. The fourth-order valence-corrected chi connectivity index (χ4v) is 3.40. The van der Waals surface area contributed by atoms with Crippen molar-refractivity contribution in [2.24, 2.45) is 0 Å². The molecule has 0 aliphatic carbocycles. The summed E-state index contributed by atoms with van der Waals surface area (Å²) in [6.45, 7) is 2.51. The van der Waals surface area contributed by atoms with Gasteiger partial charge in [0.1, 0.15) is 12.1 Å². The number of aromatic nitrogens is 1. The van der Waals surface area contributed by atoms with Gasteiger partial charge in [-0.25, -0.2) is 14.2 Å². The minimum Gasteiger partial charge on any atom is -0.444 e. The van der Waals surface area contributed by atoms with Gasteiger partial charge in [0.15, 0.2) is 0 Å². The number of hydrogen-bond donors (Lipinski definition) is 1. The van der Waals surface area contributed by atoms with Crippen molar-refractivity contribution < 1.29 is 13.6 Å². The van der Waals surface area contributed by atoms with E-state index >= 15 is 0 Å². The van der Waals surface area contributed by atoms with Crippen LogP contribution in [0.1, 0.15) is 18.2 Å². The summed E-state index contributed by atoms with van der Waals surface area (Å²) < 4.78 is 18.5. The number of para-hydroxylation sites is 1. The van der Waals surface area contributed by atoms with Crippen molar-refractivity contribution in [3.63, 3.8) is 0 Å². The monoisotopic (exact) mass is 365 g/mol. The molecule has 1 aliphatic rings. The van der Waals surface area contributed by atoms with Crippen LogP contribution in [0.15, 0.2) is 59.2 Å². The summed E-state index contributed by atoms with van der Waals surface area (Å²) in [4.78, 5) is 18.8. The number of nitrogens with one attached hydrogen (secondary N) is 1. The van der Waals surface area contributed by atoms with Crippen molar-refractivity contribution in [2.45, 2.75) is 25.8 Å². The van der Waals surface area contributed by atoms with Crippen molar-refractivity contribution in [1.82, 2.24) is 10.3 Å². The van der Waals surface area contributed by atoms with Gasteiger partial charge in [-0.3, -0.25) is 4.90 Å². The van der Waals surface area contributed by atoms with Crippen LogP contribution in [-0.4, -0.2) is 23.6 Å². The van der Waals surface area contributed by atoms with E-state index in [0.29, 0.717) is 24.4 Å². The molecule has 3 aromatic rings. The maximum atomic E-state index is 13.0. The Kier molecular flexibility index (Phi) is 4.62. The number of carbonyl (C=O) groups is 1. The van der Waals surface area contributed by atoms with E-state index in [4.69, 9.17) is 4.42 Å². The zero-order valence-corrected chi connectivity index (χ0v) is 15.0. The van der Waals surface area contributed by atoms with Gasteiger partial charge in [-0.1, -0.05) is 18.2 Å². The van der Waals surface area contributed by atoms with E-state index in [2.05, 4.69) is 16.4 Å². The third-order valence-electron chi connectivity index (χ3n) is 4.73. The molecular formula is C21H20FN3O2. The maximum Gasteiger partial charge on any atom is 0.322 e. The molecule has 27 heavy (non-hydrogen) atoms. The van der Waals surface area contributed by atoms with E-state index in [1.165, 1.54) is 17.7 Å². The Bertz CT molecular complexity index is 952. The van der Waals surface area contributed by atoms with Crippen molar-refractivity contribution in [2.75, 3.05) is 11.4 Å². The molecule has 0 saturated carbocycles. The normalized spacial score (nSPS) is 15.6. The number of hydrogen-bond acceptors (Lipinski definition) is 3. The topological polar surface area (TPSA) is 58.4 Å². The highest BCUT2D eigenvalue weighted by molar-refractivity contribution is 5.94. The third kappa shape index (κ3) is 3.56. The van der Waals surface area contributed by atoms with E-state index in [-0.39, 0.29) is 17.9 Å². The zero-order chi connectivity index (χ0) is 18.8. The molecule has 6 heteroatoms. The Morgan fingerprint density at radius 3 is 2.85 bits per heavy atom. The second-order valence-electron chi connectivity index (χ2n) is 6.68. The second kappa shape index (κ2) is 7.23.